The van der Waals surface area contributed by atoms with E-state index < -0.39 is 0 Å². The monoisotopic (exact) mass is 263 g/mol. The molecule has 0 spiro atoms. The summed E-state index contributed by atoms with van der Waals surface area (Å²) in [5.41, 5.74) is 6.15. The Hall–Kier alpha value is -1.95. The van der Waals surface area contributed by atoms with Crippen LogP contribution < -0.4 is 10.9 Å². The summed E-state index contributed by atoms with van der Waals surface area (Å²) in [6.07, 6.45) is 3.45. The number of benzene rings is 1. The zero-order valence-electron chi connectivity index (χ0n) is 9.82. The normalized spacial score (nSPS) is 10.3. The summed E-state index contributed by atoms with van der Waals surface area (Å²) in [4.78, 5) is 26.1. The maximum atomic E-state index is 11.9. The Morgan fingerprint density at radius 3 is 2.83 bits per heavy atom. The van der Waals surface area contributed by atoms with Crippen LogP contribution in [-0.4, -0.2) is 28.8 Å². The number of carbonyl (C=O) groups excluding carboxylic acids is 2. The van der Waals surface area contributed by atoms with Gasteiger partial charge in [-0.05, 0) is 12.3 Å². The van der Waals surface area contributed by atoms with E-state index in [0.717, 1.165) is 10.9 Å². The summed E-state index contributed by atoms with van der Waals surface area (Å²) >= 11 is 1.39. The van der Waals surface area contributed by atoms with Crippen molar-refractivity contribution in [1.29, 1.82) is 0 Å². The van der Waals surface area contributed by atoms with Gasteiger partial charge >= 0.3 is 0 Å². The number of aromatic nitrogens is 1. The second kappa shape index (κ2) is 5.59. The van der Waals surface area contributed by atoms with Gasteiger partial charge in [-0.3, -0.25) is 20.4 Å². The number of rotatable bonds is 3. The molecule has 1 aromatic carbocycles. The molecule has 94 valence electrons. The lowest BCUT2D eigenvalue weighted by atomic mass is 10.2. The number of hydrogen-bond donors (Lipinski definition) is 3. The van der Waals surface area contributed by atoms with E-state index in [9.17, 15) is 9.59 Å². The topological polar surface area (TPSA) is 74.0 Å². The molecule has 0 atom stereocenters. The number of hydrazine groups is 1. The predicted molar refractivity (Wildman–Crippen MR) is 72.3 cm³/mol. The molecule has 0 saturated carbocycles. The molecule has 0 bridgehead atoms. The molecule has 0 aliphatic heterocycles. The van der Waals surface area contributed by atoms with E-state index in [-0.39, 0.29) is 11.8 Å². The number of nitrogens with one attached hydrogen (secondary N) is 3. The fourth-order valence-electron chi connectivity index (χ4n) is 1.62. The first-order chi connectivity index (χ1) is 8.72. The lowest BCUT2D eigenvalue weighted by Crippen LogP contribution is -2.42. The zero-order valence-corrected chi connectivity index (χ0v) is 10.6. The van der Waals surface area contributed by atoms with Gasteiger partial charge in [-0.1, -0.05) is 18.2 Å². The number of aromatic amines is 1. The highest BCUT2D eigenvalue weighted by molar-refractivity contribution is 7.99. The number of fused-ring (bicyclic) bond motifs is 1. The fraction of sp³-hybridized carbons (Fsp3) is 0.167. The van der Waals surface area contributed by atoms with Gasteiger partial charge in [0.2, 0.25) is 5.91 Å². The minimum atomic E-state index is -0.332. The lowest BCUT2D eigenvalue weighted by Gasteiger charge is -2.05. The van der Waals surface area contributed by atoms with Crippen molar-refractivity contribution in [2.45, 2.75) is 0 Å². The van der Waals surface area contributed by atoms with Crippen LogP contribution in [0, 0.1) is 0 Å². The van der Waals surface area contributed by atoms with Crippen LogP contribution >= 0.6 is 11.8 Å². The van der Waals surface area contributed by atoms with Crippen LogP contribution in [0.25, 0.3) is 10.9 Å². The molecule has 5 nitrogen and oxygen atoms in total. The van der Waals surface area contributed by atoms with Gasteiger partial charge in [0.25, 0.3) is 5.91 Å². The van der Waals surface area contributed by atoms with E-state index >= 15 is 0 Å². The van der Waals surface area contributed by atoms with Crippen molar-refractivity contribution in [1.82, 2.24) is 15.8 Å². The average Bonchev–Trinajstić information content (AvgIpc) is 2.80. The maximum absolute atomic E-state index is 11.9. The Bertz CT molecular complexity index is 579. The summed E-state index contributed by atoms with van der Waals surface area (Å²) in [5.74, 6) is -0.244. The van der Waals surface area contributed by atoms with Crippen LogP contribution in [0.15, 0.2) is 30.5 Å². The van der Waals surface area contributed by atoms with Crippen LogP contribution in [-0.2, 0) is 4.79 Å². The number of carbonyl (C=O) groups is 2. The molecule has 2 rings (SSSR count). The first kappa shape index (κ1) is 12.5. The van der Waals surface area contributed by atoms with Crippen molar-refractivity contribution in [2.24, 2.45) is 0 Å². The Morgan fingerprint density at radius 2 is 2.06 bits per heavy atom. The van der Waals surface area contributed by atoms with Crippen molar-refractivity contribution in [3.63, 3.8) is 0 Å². The van der Waals surface area contributed by atoms with Gasteiger partial charge in [-0.2, -0.15) is 11.8 Å². The Morgan fingerprint density at radius 1 is 1.28 bits per heavy atom. The molecular formula is C12H13N3O2S. The zero-order chi connectivity index (χ0) is 13.0. The van der Waals surface area contributed by atoms with E-state index in [0.29, 0.717) is 11.3 Å². The predicted octanol–water partition coefficient (Wildman–Crippen LogP) is 1.29. The van der Waals surface area contributed by atoms with Crippen LogP contribution in [0.1, 0.15) is 10.4 Å². The number of H-pyrrole nitrogens is 1. The molecule has 0 aliphatic carbocycles. The van der Waals surface area contributed by atoms with E-state index in [2.05, 4.69) is 15.8 Å². The summed E-state index contributed by atoms with van der Waals surface area (Å²) in [5, 5.41) is 0.828. The molecule has 0 radical (unpaired) electrons. The summed E-state index contributed by atoms with van der Waals surface area (Å²) in [6, 6.07) is 7.49. The van der Waals surface area contributed by atoms with Crippen molar-refractivity contribution < 1.29 is 9.59 Å². The third kappa shape index (κ3) is 2.65. The highest BCUT2D eigenvalue weighted by atomic mass is 32.2. The highest BCUT2D eigenvalue weighted by Gasteiger charge is 2.11. The number of amides is 2. The third-order valence-electron chi connectivity index (χ3n) is 2.42. The molecule has 3 N–H and O–H groups in total. The summed E-state index contributed by atoms with van der Waals surface area (Å²) in [6.45, 7) is 0. The fourth-order valence-corrected chi connectivity index (χ4v) is 1.95. The quantitative estimate of drug-likeness (QED) is 0.731. The van der Waals surface area contributed by atoms with Gasteiger partial charge in [0, 0.05) is 17.1 Å². The molecule has 1 aromatic heterocycles. The molecule has 2 aromatic rings. The maximum Gasteiger partial charge on any atom is 0.271 e. The minimum absolute atomic E-state index is 0.226. The minimum Gasteiger partial charge on any atom is -0.360 e. The second-order valence-corrected chi connectivity index (χ2v) is 4.55. The highest BCUT2D eigenvalue weighted by Crippen LogP contribution is 2.16. The van der Waals surface area contributed by atoms with Crippen LogP contribution in [0.2, 0.25) is 0 Å². The molecule has 18 heavy (non-hydrogen) atoms. The largest absolute Gasteiger partial charge is 0.360 e. The first-order valence-corrected chi connectivity index (χ1v) is 6.76. The van der Waals surface area contributed by atoms with E-state index in [1.807, 2.05) is 30.5 Å². The van der Waals surface area contributed by atoms with Crippen molar-refractivity contribution in [2.75, 3.05) is 12.0 Å². The smallest absolute Gasteiger partial charge is 0.271 e. The van der Waals surface area contributed by atoms with E-state index in [4.69, 9.17) is 0 Å². The van der Waals surface area contributed by atoms with Gasteiger partial charge in [0.1, 0.15) is 0 Å². The number of thioether (sulfide) groups is 1. The molecule has 0 aliphatic rings. The second-order valence-electron chi connectivity index (χ2n) is 3.68. The van der Waals surface area contributed by atoms with E-state index in [1.54, 1.807) is 6.20 Å². The van der Waals surface area contributed by atoms with E-state index in [1.165, 1.54) is 11.8 Å². The Kier molecular flexibility index (Phi) is 3.88. The van der Waals surface area contributed by atoms with Crippen LogP contribution in [0.4, 0.5) is 0 Å². The lowest BCUT2D eigenvalue weighted by molar-refractivity contribution is -0.119. The van der Waals surface area contributed by atoms with Crippen molar-refractivity contribution in [3.8, 4) is 0 Å². The third-order valence-corrected chi connectivity index (χ3v) is 2.98. The Labute approximate surface area is 108 Å². The first-order valence-electron chi connectivity index (χ1n) is 5.36. The molecule has 6 heteroatoms. The van der Waals surface area contributed by atoms with Crippen LogP contribution in [0.3, 0.4) is 0 Å². The summed E-state index contributed by atoms with van der Waals surface area (Å²) < 4.78 is 0. The van der Waals surface area contributed by atoms with Crippen LogP contribution in [0.5, 0.6) is 0 Å². The number of para-hydroxylation sites is 1. The average molecular weight is 263 g/mol. The van der Waals surface area contributed by atoms with Crippen molar-refractivity contribution >= 4 is 34.5 Å². The molecular weight excluding hydrogens is 250 g/mol. The molecule has 1 heterocycles. The molecule has 0 unspecified atom stereocenters. The Balaban J connectivity index is 2.07. The molecule has 2 amide bonds. The standard InChI is InChI=1S/C12H13N3O2S/c1-18-7-11(16)14-15-12(17)9-6-13-10-5-3-2-4-8(9)10/h2-6,13H,7H2,1H3,(H,14,16)(H,15,17). The SMILES string of the molecule is CSCC(=O)NNC(=O)c1c[nH]c2ccccc12. The van der Waals surface area contributed by atoms with Gasteiger partial charge in [0.05, 0.1) is 11.3 Å². The molecule has 0 saturated heterocycles. The van der Waals surface area contributed by atoms with Gasteiger partial charge in [0.15, 0.2) is 0 Å². The van der Waals surface area contributed by atoms with Gasteiger partial charge < -0.3 is 4.98 Å². The summed E-state index contributed by atoms with van der Waals surface area (Å²) in [7, 11) is 0. The molecule has 0 fully saturated rings. The van der Waals surface area contributed by atoms with Crippen molar-refractivity contribution in [3.05, 3.63) is 36.0 Å². The number of hydrogen-bond acceptors (Lipinski definition) is 3. The van der Waals surface area contributed by atoms with Gasteiger partial charge in [-0.15, -0.1) is 0 Å². The van der Waals surface area contributed by atoms with Gasteiger partial charge in [-0.25, -0.2) is 0 Å².